The Morgan fingerprint density at radius 1 is 1.12 bits per heavy atom. The number of aromatic nitrogens is 1. The van der Waals surface area contributed by atoms with Crippen LogP contribution in [0, 0.1) is 6.92 Å². The van der Waals surface area contributed by atoms with Crippen molar-refractivity contribution in [2.24, 2.45) is 0 Å². The smallest absolute Gasteiger partial charge is 0.171 e. The molecule has 0 saturated heterocycles. The highest BCUT2D eigenvalue weighted by Gasteiger charge is 2.33. The molecule has 2 aromatic rings. The van der Waals surface area contributed by atoms with Gasteiger partial charge in [0.1, 0.15) is 5.82 Å². The summed E-state index contributed by atoms with van der Waals surface area (Å²) in [5.74, 6) is 0.796. The van der Waals surface area contributed by atoms with Crippen molar-refractivity contribution in [2.75, 3.05) is 11.9 Å². The van der Waals surface area contributed by atoms with E-state index in [1.165, 1.54) is 43.2 Å². The number of aryl methyl sites for hydroxylation is 1. The van der Waals surface area contributed by atoms with E-state index in [4.69, 9.17) is 12.2 Å². The Labute approximate surface area is 149 Å². The summed E-state index contributed by atoms with van der Waals surface area (Å²) < 4.78 is 0. The first-order valence-electron chi connectivity index (χ1n) is 8.71. The van der Waals surface area contributed by atoms with Crippen LogP contribution in [0.1, 0.15) is 43.2 Å². The fourth-order valence-electron chi connectivity index (χ4n) is 3.60. The van der Waals surface area contributed by atoms with Crippen LogP contribution in [0.4, 0.5) is 5.82 Å². The minimum Gasteiger partial charge on any atom is -0.362 e. The summed E-state index contributed by atoms with van der Waals surface area (Å²) in [5, 5.41) is 7.29. The number of anilines is 1. The molecule has 4 heteroatoms. The average Bonchev–Trinajstić information content (AvgIpc) is 2.62. The lowest BCUT2D eigenvalue weighted by Crippen LogP contribution is -2.43. The van der Waals surface area contributed by atoms with Crippen LogP contribution in [0.3, 0.4) is 0 Å². The molecule has 1 aromatic heterocycles. The van der Waals surface area contributed by atoms with Crippen LogP contribution in [0.5, 0.6) is 0 Å². The third kappa shape index (κ3) is 4.12. The molecule has 0 radical (unpaired) electrons. The van der Waals surface area contributed by atoms with Crippen molar-refractivity contribution < 1.29 is 0 Å². The fraction of sp³-hybridized carbons (Fsp3) is 0.400. The van der Waals surface area contributed by atoms with Gasteiger partial charge in [-0.05, 0) is 55.2 Å². The van der Waals surface area contributed by atoms with Gasteiger partial charge in [0.15, 0.2) is 5.11 Å². The monoisotopic (exact) mass is 339 g/mol. The first-order valence-corrected chi connectivity index (χ1v) is 9.12. The molecule has 0 atom stereocenters. The van der Waals surface area contributed by atoms with E-state index in [0.717, 1.165) is 12.4 Å². The van der Waals surface area contributed by atoms with Crippen molar-refractivity contribution in [3.8, 4) is 0 Å². The Morgan fingerprint density at radius 3 is 2.58 bits per heavy atom. The van der Waals surface area contributed by atoms with Gasteiger partial charge >= 0.3 is 0 Å². The quantitative estimate of drug-likeness (QED) is 0.800. The first-order chi connectivity index (χ1) is 11.7. The van der Waals surface area contributed by atoms with Gasteiger partial charge in [0, 0.05) is 18.2 Å². The Hall–Kier alpha value is -1.94. The molecule has 126 valence electrons. The Kier molecular flexibility index (Phi) is 5.46. The average molecular weight is 340 g/mol. The molecule has 1 aliphatic carbocycles. The SMILES string of the molecule is Cc1ccnc(NC(=S)NCC2(c3ccccc3)CCCCC2)c1. The topological polar surface area (TPSA) is 37.0 Å². The van der Waals surface area contributed by atoms with E-state index in [1.807, 2.05) is 12.1 Å². The molecule has 3 nitrogen and oxygen atoms in total. The molecule has 2 N–H and O–H groups in total. The van der Waals surface area contributed by atoms with E-state index in [1.54, 1.807) is 6.20 Å². The normalized spacial score (nSPS) is 16.4. The van der Waals surface area contributed by atoms with Crippen LogP contribution >= 0.6 is 12.2 Å². The maximum absolute atomic E-state index is 5.49. The maximum atomic E-state index is 5.49. The molecule has 24 heavy (non-hydrogen) atoms. The summed E-state index contributed by atoms with van der Waals surface area (Å²) >= 11 is 5.49. The Balaban J connectivity index is 1.66. The summed E-state index contributed by atoms with van der Waals surface area (Å²) in [5.41, 5.74) is 2.78. The van der Waals surface area contributed by atoms with Crippen LogP contribution in [0.2, 0.25) is 0 Å². The van der Waals surface area contributed by atoms with Gasteiger partial charge in [-0.25, -0.2) is 4.98 Å². The number of benzene rings is 1. The van der Waals surface area contributed by atoms with Crippen molar-refractivity contribution in [1.82, 2.24) is 10.3 Å². The number of hydrogen-bond donors (Lipinski definition) is 2. The lowest BCUT2D eigenvalue weighted by molar-refractivity contribution is 0.292. The second kappa shape index (κ2) is 7.75. The van der Waals surface area contributed by atoms with E-state index in [-0.39, 0.29) is 5.41 Å². The van der Waals surface area contributed by atoms with Crippen LogP contribution < -0.4 is 10.6 Å². The lowest BCUT2D eigenvalue weighted by atomic mass is 9.69. The molecule has 1 heterocycles. The summed E-state index contributed by atoms with van der Waals surface area (Å²) in [6.45, 7) is 2.92. The highest BCUT2D eigenvalue weighted by Crippen LogP contribution is 2.38. The van der Waals surface area contributed by atoms with Crippen LogP contribution in [-0.2, 0) is 5.41 Å². The van der Waals surface area contributed by atoms with Crippen LogP contribution in [0.25, 0.3) is 0 Å². The van der Waals surface area contributed by atoms with Crippen molar-refractivity contribution in [2.45, 2.75) is 44.4 Å². The van der Waals surface area contributed by atoms with Gasteiger partial charge in [-0.2, -0.15) is 0 Å². The van der Waals surface area contributed by atoms with E-state index in [9.17, 15) is 0 Å². The third-order valence-corrected chi connectivity index (χ3v) is 5.19. The van der Waals surface area contributed by atoms with Crippen molar-refractivity contribution in [3.63, 3.8) is 0 Å². The van der Waals surface area contributed by atoms with E-state index < -0.39 is 0 Å². The Bertz CT molecular complexity index is 678. The van der Waals surface area contributed by atoms with Gasteiger partial charge < -0.3 is 10.6 Å². The molecule has 0 unspecified atom stereocenters. The molecule has 0 bridgehead atoms. The molecule has 1 aromatic carbocycles. The molecule has 0 amide bonds. The predicted molar refractivity (Wildman–Crippen MR) is 104 cm³/mol. The van der Waals surface area contributed by atoms with Crippen molar-refractivity contribution in [3.05, 3.63) is 59.8 Å². The van der Waals surface area contributed by atoms with Crippen molar-refractivity contribution >= 4 is 23.1 Å². The second-order valence-corrected chi connectivity index (χ2v) is 7.14. The van der Waals surface area contributed by atoms with E-state index >= 15 is 0 Å². The second-order valence-electron chi connectivity index (χ2n) is 6.73. The standard InChI is InChI=1S/C20H25N3S/c1-16-10-13-21-18(14-16)23-19(24)22-15-20(11-6-3-7-12-20)17-8-4-2-5-9-17/h2,4-5,8-10,13-14H,3,6-7,11-12,15H2,1H3,(H2,21,22,23,24). The van der Waals surface area contributed by atoms with Crippen LogP contribution in [-0.4, -0.2) is 16.6 Å². The van der Waals surface area contributed by atoms with Gasteiger partial charge in [-0.15, -0.1) is 0 Å². The number of pyridine rings is 1. The lowest BCUT2D eigenvalue weighted by Gasteiger charge is -2.38. The number of nitrogens with one attached hydrogen (secondary N) is 2. The minimum absolute atomic E-state index is 0.186. The zero-order chi connectivity index (χ0) is 16.8. The minimum atomic E-state index is 0.186. The van der Waals surface area contributed by atoms with Gasteiger partial charge in [-0.3, -0.25) is 0 Å². The Morgan fingerprint density at radius 2 is 1.88 bits per heavy atom. The molecule has 1 aliphatic rings. The molecule has 3 rings (SSSR count). The summed E-state index contributed by atoms with van der Waals surface area (Å²) in [6, 6.07) is 14.9. The van der Waals surface area contributed by atoms with Gasteiger partial charge in [-0.1, -0.05) is 49.6 Å². The molecular formula is C20H25N3S. The van der Waals surface area contributed by atoms with E-state index in [2.05, 4.69) is 52.9 Å². The number of rotatable bonds is 4. The molecule has 1 fully saturated rings. The maximum Gasteiger partial charge on any atom is 0.171 e. The van der Waals surface area contributed by atoms with Gasteiger partial charge in [0.05, 0.1) is 0 Å². The first kappa shape index (κ1) is 16.9. The molecular weight excluding hydrogens is 314 g/mol. The largest absolute Gasteiger partial charge is 0.362 e. The third-order valence-electron chi connectivity index (χ3n) is 4.94. The highest BCUT2D eigenvalue weighted by molar-refractivity contribution is 7.80. The van der Waals surface area contributed by atoms with Crippen molar-refractivity contribution in [1.29, 1.82) is 0 Å². The number of thiocarbonyl (C=S) groups is 1. The number of nitrogens with zero attached hydrogens (tertiary/aromatic N) is 1. The highest BCUT2D eigenvalue weighted by atomic mass is 32.1. The molecule has 0 spiro atoms. The number of hydrogen-bond acceptors (Lipinski definition) is 2. The zero-order valence-electron chi connectivity index (χ0n) is 14.2. The summed E-state index contributed by atoms with van der Waals surface area (Å²) in [4.78, 5) is 4.31. The van der Waals surface area contributed by atoms with Crippen LogP contribution in [0.15, 0.2) is 48.7 Å². The van der Waals surface area contributed by atoms with E-state index in [0.29, 0.717) is 5.11 Å². The zero-order valence-corrected chi connectivity index (χ0v) is 15.0. The molecule has 1 saturated carbocycles. The predicted octanol–water partition coefficient (Wildman–Crippen LogP) is 4.58. The molecule has 0 aliphatic heterocycles. The van der Waals surface area contributed by atoms with Gasteiger partial charge in [0.2, 0.25) is 0 Å². The summed E-state index contributed by atoms with van der Waals surface area (Å²) in [6.07, 6.45) is 8.15. The fourth-order valence-corrected chi connectivity index (χ4v) is 3.78. The van der Waals surface area contributed by atoms with Gasteiger partial charge in [0.25, 0.3) is 0 Å². The summed E-state index contributed by atoms with van der Waals surface area (Å²) in [7, 11) is 0.